The average Bonchev–Trinajstić information content (AvgIpc) is 2.80. The number of hydrogen-bond donors (Lipinski definition) is 1. The van der Waals surface area contributed by atoms with E-state index < -0.39 is 0 Å². The Morgan fingerprint density at radius 3 is 2.55 bits per heavy atom. The van der Waals surface area contributed by atoms with Crippen LogP contribution in [-0.2, 0) is 0 Å². The van der Waals surface area contributed by atoms with Gasteiger partial charge in [0.25, 0.3) is 0 Å². The zero-order valence-electron chi connectivity index (χ0n) is 10.9. The molecule has 0 radical (unpaired) electrons. The minimum absolute atomic E-state index is 0.421. The minimum Gasteiger partial charge on any atom is -0.380 e. The molecule has 0 unspecified atom stereocenters. The summed E-state index contributed by atoms with van der Waals surface area (Å²) >= 11 is 2.28. The molecule has 1 aromatic heterocycles. The van der Waals surface area contributed by atoms with Crippen molar-refractivity contribution < 1.29 is 4.52 Å². The Morgan fingerprint density at radius 2 is 1.80 bits per heavy atom. The maximum atomic E-state index is 5.99. The second-order valence-electron chi connectivity index (χ2n) is 4.65. The first kappa shape index (κ1) is 13.2. The molecule has 20 heavy (non-hydrogen) atoms. The molecule has 1 heterocycles. The van der Waals surface area contributed by atoms with Gasteiger partial charge in [-0.25, -0.2) is 0 Å². The molecular formula is C16H13IN2O. The van der Waals surface area contributed by atoms with Crippen LogP contribution in [0.25, 0.3) is 22.5 Å². The molecule has 0 saturated carbocycles. The first-order chi connectivity index (χ1) is 9.65. The van der Waals surface area contributed by atoms with Crippen LogP contribution in [-0.4, -0.2) is 5.16 Å². The Labute approximate surface area is 130 Å². The Hall–Kier alpha value is -1.82. The van der Waals surface area contributed by atoms with Gasteiger partial charge in [-0.15, -0.1) is 0 Å². The quantitative estimate of drug-likeness (QED) is 0.670. The standard InChI is InChI=1S/C16H13IN2O/c1-10-4-2-5-11(8-10)14-15(20-19-16(14)18)12-6-3-7-13(17)9-12/h2-9H,1H3,(H2,18,19). The smallest absolute Gasteiger partial charge is 0.176 e. The number of nitrogen functional groups attached to an aromatic ring is 1. The van der Waals surface area contributed by atoms with E-state index in [2.05, 4.69) is 52.9 Å². The van der Waals surface area contributed by atoms with Gasteiger partial charge in [0, 0.05) is 9.13 Å². The van der Waals surface area contributed by atoms with E-state index in [0.717, 1.165) is 20.3 Å². The van der Waals surface area contributed by atoms with Gasteiger partial charge in [-0.05, 0) is 47.2 Å². The zero-order valence-corrected chi connectivity index (χ0v) is 13.1. The molecule has 100 valence electrons. The fraction of sp³-hybridized carbons (Fsp3) is 0.0625. The van der Waals surface area contributed by atoms with Gasteiger partial charge in [-0.1, -0.05) is 47.1 Å². The fourth-order valence-electron chi connectivity index (χ4n) is 2.21. The van der Waals surface area contributed by atoms with Crippen molar-refractivity contribution in [1.29, 1.82) is 0 Å². The second-order valence-corrected chi connectivity index (χ2v) is 5.90. The number of aromatic nitrogens is 1. The van der Waals surface area contributed by atoms with Crippen LogP contribution in [0.4, 0.5) is 5.82 Å². The Morgan fingerprint density at radius 1 is 1.05 bits per heavy atom. The molecule has 0 atom stereocenters. The third-order valence-corrected chi connectivity index (χ3v) is 3.78. The molecule has 0 spiro atoms. The molecule has 0 aliphatic heterocycles. The van der Waals surface area contributed by atoms with Gasteiger partial charge < -0.3 is 10.3 Å². The maximum absolute atomic E-state index is 5.99. The summed E-state index contributed by atoms with van der Waals surface area (Å²) in [5.41, 5.74) is 10.0. The zero-order chi connectivity index (χ0) is 14.1. The van der Waals surface area contributed by atoms with E-state index in [-0.39, 0.29) is 0 Å². The molecule has 0 aliphatic carbocycles. The average molecular weight is 376 g/mol. The van der Waals surface area contributed by atoms with Gasteiger partial charge in [-0.3, -0.25) is 0 Å². The topological polar surface area (TPSA) is 52.0 Å². The summed E-state index contributed by atoms with van der Waals surface area (Å²) in [5.74, 6) is 1.14. The van der Waals surface area contributed by atoms with Crippen LogP contribution < -0.4 is 5.73 Å². The van der Waals surface area contributed by atoms with E-state index in [9.17, 15) is 0 Å². The highest BCUT2D eigenvalue weighted by atomic mass is 127. The summed E-state index contributed by atoms with van der Waals surface area (Å²) in [6.45, 7) is 2.05. The molecule has 3 aromatic rings. The van der Waals surface area contributed by atoms with Gasteiger partial charge >= 0.3 is 0 Å². The minimum atomic E-state index is 0.421. The lowest BCUT2D eigenvalue weighted by atomic mass is 10.0. The number of aryl methyl sites for hydroxylation is 1. The highest BCUT2D eigenvalue weighted by Gasteiger charge is 2.17. The van der Waals surface area contributed by atoms with Crippen molar-refractivity contribution in [3.05, 3.63) is 57.7 Å². The van der Waals surface area contributed by atoms with E-state index in [4.69, 9.17) is 10.3 Å². The predicted molar refractivity (Wildman–Crippen MR) is 89.2 cm³/mol. The largest absolute Gasteiger partial charge is 0.380 e. The van der Waals surface area contributed by atoms with E-state index in [1.807, 2.05) is 30.3 Å². The van der Waals surface area contributed by atoms with Crippen LogP contribution in [0.2, 0.25) is 0 Å². The number of hydrogen-bond acceptors (Lipinski definition) is 3. The molecule has 0 aliphatic rings. The monoisotopic (exact) mass is 376 g/mol. The van der Waals surface area contributed by atoms with Crippen molar-refractivity contribution in [3.63, 3.8) is 0 Å². The number of nitrogens with two attached hydrogens (primary N) is 1. The van der Waals surface area contributed by atoms with E-state index >= 15 is 0 Å². The number of halogens is 1. The number of nitrogens with zero attached hydrogens (tertiary/aromatic N) is 1. The highest BCUT2D eigenvalue weighted by molar-refractivity contribution is 14.1. The Bertz CT molecular complexity index is 765. The number of anilines is 1. The third-order valence-electron chi connectivity index (χ3n) is 3.11. The van der Waals surface area contributed by atoms with Crippen molar-refractivity contribution in [1.82, 2.24) is 5.16 Å². The van der Waals surface area contributed by atoms with Crippen LogP contribution in [0.15, 0.2) is 53.1 Å². The molecule has 0 saturated heterocycles. The van der Waals surface area contributed by atoms with Crippen molar-refractivity contribution in [2.45, 2.75) is 6.92 Å². The normalized spacial score (nSPS) is 10.7. The molecule has 0 fully saturated rings. The van der Waals surface area contributed by atoms with E-state index in [1.165, 1.54) is 5.56 Å². The van der Waals surface area contributed by atoms with Crippen molar-refractivity contribution >= 4 is 28.4 Å². The van der Waals surface area contributed by atoms with Crippen LogP contribution in [0, 0.1) is 10.5 Å². The molecule has 3 rings (SSSR count). The van der Waals surface area contributed by atoms with Gasteiger partial charge in [0.1, 0.15) is 0 Å². The summed E-state index contributed by atoms with van der Waals surface area (Å²) in [7, 11) is 0. The van der Waals surface area contributed by atoms with Gasteiger partial charge in [0.15, 0.2) is 11.6 Å². The predicted octanol–water partition coefficient (Wildman–Crippen LogP) is 4.50. The molecule has 2 aromatic carbocycles. The van der Waals surface area contributed by atoms with Crippen LogP contribution in [0.1, 0.15) is 5.56 Å². The fourth-order valence-corrected chi connectivity index (χ4v) is 2.75. The lowest BCUT2D eigenvalue weighted by Crippen LogP contribution is -1.89. The maximum Gasteiger partial charge on any atom is 0.176 e. The number of rotatable bonds is 2. The van der Waals surface area contributed by atoms with E-state index in [0.29, 0.717) is 11.6 Å². The van der Waals surface area contributed by atoms with Crippen molar-refractivity contribution in [3.8, 4) is 22.5 Å². The molecule has 0 amide bonds. The highest BCUT2D eigenvalue weighted by Crippen LogP contribution is 2.37. The second kappa shape index (κ2) is 5.28. The Balaban J connectivity index is 2.20. The summed E-state index contributed by atoms with van der Waals surface area (Å²) in [5, 5.41) is 3.93. The Kier molecular flexibility index (Phi) is 3.48. The third kappa shape index (κ3) is 2.43. The molecule has 2 N–H and O–H groups in total. The van der Waals surface area contributed by atoms with E-state index in [1.54, 1.807) is 0 Å². The molecule has 0 bridgehead atoms. The summed E-state index contributed by atoms with van der Waals surface area (Å²) in [4.78, 5) is 0. The first-order valence-corrected chi connectivity index (χ1v) is 7.31. The molecule has 4 heteroatoms. The van der Waals surface area contributed by atoms with Crippen LogP contribution in [0.5, 0.6) is 0 Å². The lowest BCUT2D eigenvalue weighted by Gasteiger charge is -2.04. The van der Waals surface area contributed by atoms with Gasteiger partial charge in [0.2, 0.25) is 0 Å². The van der Waals surface area contributed by atoms with Crippen molar-refractivity contribution in [2.24, 2.45) is 0 Å². The van der Waals surface area contributed by atoms with Crippen LogP contribution in [0.3, 0.4) is 0 Å². The lowest BCUT2D eigenvalue weighted by molar-refractivity contribution is 0.436. The first-order valence-electron chi connectivity index (χ1n) is 6.23. The van der Waals surface area contributed by atoms with Gasteiger partial charge in [0.05, 0.1) is 5.56 Å². The SMILES string of the molecule is Cc1cccc(-c2c(N)noc2-c2cccc(I)c2)c1. The number of benzene rings is 2. The van der Waals surface area contributed by atoms with Gasteiger partial charge in [-0.2, -0.15) is 0 Å². The molecule has 3 nitrogen and oxygen atoms in total. The summed E-state index contributed by atoms with van der Waals surface area (Å²) in [6, 6.07) is 16.3. The van der Waals surface area contributed by atoms with Crippen molar-refractivity contribution in [2.75, 3.05) is 5.73 Å². The summed E-state index contributed by atoms with van der Waals surface area (Å²) in [6.07, 6.45) is 0. The summed E-state index contributed by atoms with van der Waals surface area (Å²) < 4.78 is 6.60. The molecular weight excluding hydrogens is 363 g/mol. The van der Waals surface area contributed by atoms with Crippen LogP contribution >= 0.6 is 22.6 Å².